The SMILES string of the molecule is COc1cccc(C(=O)Nc2ccc(C3SCC(=O)N3c3ccc4c(c3)CCC4)cc2)c1. The van der Waals surface area contributed by atoms with Gasteiger partial charge in [-0.15, -0.1) is 11.8 Å². The van der Waals surface area contributed by atoms with Crippen molar-refractivity contribution in [3.05, 3.63) is 89.0 Å². The van der Waals surface area contributed by atoms with Crippen molar-refractivity contribution >= 4 is 35.0 Å². The lowest BCUT2D eigenvalue weighted by Crippen LogP contribution is -2.27. The van der Waals surface area contributed by atoms with Gasteiger partial charge in [-0.05, 0) is 78.4 Å². The molecule has 162 valence electrons. The van der Waals surface area contributed by atoms with Crippen molar-refractivity contribution < 1.29 is 14.3 Å². The fourth-order valence-electron chi connectivity index (χ4n) is 4.36. The van der Waals surface area contributed by atoms with Gasteiger partial charge in [-0.1, -0.05) is 24.3 Å². The molecule has 3 aromatic rings. The maximum atomic E-state index is 12.7. The zero-order valence-corrected chi connectivity index (χ0v) is 18.7. The van der Waals surface area contributed by atoms with E-state index in [4.69, 9.17) is 4.74 Å². The molecule has 0 aromatic heterocycles. The van der Waals surface area contributed by atoms with Crippen LogP contribution in [-0.4, -0.2) is 24.7 Å². The largest absolute Gasteiger partial charge is 0.497 e. The van der Waals surface area contributed by atoms with E-state index in [1.165, 1.54) is 17.5 Å². The number of hydrogen-bond donors (Lipinski definition) is 1. The third-order valence-corrected chi connectivity index (χ3v) is 7.23. The van der Waals surface area contributed by atoms with Crippen molar-refractivity contribution in [1.82, 2.24) is 0 Å². The third-order valence-electron chi connectivity index (χ3n) is 6.01. The molecular formula is C26H24N2O3S. The maximum Gasteiger partial charge on any atom is 0.255 e. The van der Waals surface area contributed by atoms with Gasteiger partial charge in [-0.2, -0.15) is 0 Å². The number of methoxy groups -OCH3 is 1. The van der Waals surface area contributed by atoms with Gasteiger partial charge < -0.3 is 10.1 Å². The van der Waals surface area contributed by atoms with Crippen molar-refractivity contribution in [2.45, 2.75) is 24.6 Å². The Morgan fingerprint density at radius 2 is 1.84 bits per heavy atom. The second-order valence-electron chi connectivity index (χ2n) is 8.04. The van der Waals surface area contributed by atoms with Gasteiger partial charge in [0.1, 0.15) is 11.1 Å². The van der Waals surface area contributed by atoms with E-state index in [1.807, 2.05) is 29.2 Å². The minimum atomic E-state index is -0.193. The summed E-state index contributed by atoms with van der Waals surface area (Å²) >= 11 is 1.64. The molecular weight excluding hydrogens is 420 g/mol. The van der Waals surface area contributed by atoms with Crippen LogP contribution in [0.25, 0.3) is 0 Å². The smallest absolute Gasteiger partial charge is 0.255 e. The highest BCUT2D eigenvalue weighted by Crippen LogP contribution is 2.43. The molecule has 5 rings (SSSR count). The molecule has 0 spiro atoms. The summed E-state index contributed by atoms with van der Waals surface area (Å²) in [6.07, 6.45) is 3.41. The predicted octanol–water partition coefficient (Wildman–Crippen LogP) is 5.21. The number of fused-ring (bicyclic) bond motifs is 1. The van der Waals surface area contributed by atoms with Crippen LogP contribution in [0.15, 0.2) is 66.7 Å². The molecule has 2 amide bonds. The molecule has 0 radical (unpaired) electrons. The molecule has 1 aliphatic carbocycles. The van der Waals surface area contributed by atoms with E-state index in [0.29, 0.717) is 22.8 Å². The molecule has 1 saturated heterocycles. The molecule has 1 unspecified atom stereocenters. The lowest BCUT2D eigenvalue weighted by Gasteiger charge is -2.25. The Morgan fingerprint density at radius 1 is 1.03 bits per heavy atom. The summed E-state index contributed by atoms with van der Waals surface area (Å²) in [6.45, 7) is 0. The van der Waals surface area contributed by atoms with Gasteiger partial charge in [0.05, 0.1) is 12.9 Å². The molecule has 1 fully saturated rings. The summed E-state index contributed by atoms with van der Waals surface area (Å²) in [6, 6.07) is 21.2. The summed E-state index contributed by atoms with van der Waals surface area (Å²) in [7, 11) is 1.58. The van der Waals surface area contributed by atoms with Crippen molar-refractivity contribution in [2.24, 2.45) is 0 Å². The van der Waals surface area contributed by atoms with Crippen LogP contribution >= 0.6 is 11.8 Å². The summed E-state index contributed by atoms with van der Waals surface area (Å²) in [5, 5.41) is 2.86. The topological polar surface area (TPSA) is 58.6 Å². The summed E-state index contributed by atoms with van der Waals surface area (Å²) in [5.74, 6) is 1.05. The Bertz CT molecular complexity index is 1180. The van der Waals surface area contributed by atoms with E-state index in [1.54, 1.807) is 43.1 Å². The standard InChI is InChI=1S/C26H24N2O3S/c1-31-23-7-3-6-20(15-23)25(30)27-21-11-8-18(9-12-21)26-28(24(29)16-32-26)22-13-10-17-4-2-5-19(17)14-22/h3,6-15,26H,2,4-5,16H2,1H3,(H,27,30). The molecule has 1 atom stereocenters. The summed E-state index contributed by atoms with van der Waals surface area (Å²) < 4.78 is 5.19. The number of anilines is 2. The average molecular weight is 445 g/mol. The highest BCUT2D eigenvalue weighted by atomic mass is 32.2. The van der Waals surface area contributed by atoms with Gasteiger partial charge in [-0.3, -0.25) is 14.5 Å². The van der Waals surface area contributed by atoms with Crippen LogP contribution in [0.2, 0.25) is 0 Å². The number of aryl methyl sites for hydroxylation is 2. The number of hydrogen-bond acceptors (Lipinski definition) is 4. The minimum absolute atomic E-state index is 0.0647. The first kappa shape index (κ1) is 20.6. The fourth-order valence-corrected chi connectivity index (χ4v) is 5.53. The van der Waals surface area contributed by atoms with Crippen LogP contribution in [-0.2, 0) is 17.6 Å². The number of nitrogens with one attached hydrogen (secondary N) is 1. The first-order chi connectivity index (χ1) is 15.6. The Morgan fingerprint density at radius 3 is 2.66 bits per heavy atom. The van der Waals surface area contributed by atoms with E-state index < -0.39 is 0 Å². The van der Waals surface area contributed by atoms with Crippen LogP contribution in [0.1, 0.15) is 38.8 Å². The molecule has 32 heavy (non-hydrogen) atoms. The fraction of sp³-hybridized carbons (Fsp3) is 0.231. The first-order valence-corrected chi connectivity index (χ1v) is 11.8. The molecule has 6 heteroatoms. The molecule has 2 aliphatic rings. The molecule has 1 heterocycles. The predicted molar refractivity (Wildman–Crippen MR) is 129 cm³/mol. The van der Waals surface area contributed by atoms with Crippen LogP contribution in [0.3, 0.4) is 0 Å². The number of carbonyl (C=O) groups excluding carboxylic acids is 2. The van der Waals surface area contributed by atoms with Crippen molar-refractivity contribution in [3.8, 4) is 5.75 Å². The number of ether oxygens (including phenoxy) is 1. The molecule has 5 nitrogen and oxygen atoms in total. The number of nitrogens with zero attached hydrogens (tertiary/aromatic N) is 1. The lowest BCUT2D eigenvalue weighted by molar-refractivity contribution is -0.115. The Hall–Kier alpha value is -3.25. The Balaban J connectivity index is 1.33. The maximum absolute atomic E-state index is 12.7. The van der Waals surface area contributed by atoms with Crippen molar-refractivity contribution in [2.75, 3.05) is 23.1 Å². The summed E-state index contributed by atoms with van der Waals surface area (Å²) in [4.78, 5) is 27.2. The minimum Gasteiger partial charge on any atom is -0.497 e. The number of rotatable bonds is 5. The monoisotopic (exact) mass is 444 g/mol. The van der Waals surface area contributed by atoms with Gasteiger partial charge in [0.15, 0.2) is 0 Å². The van der Waals surface area contributed by atoms with Crippen LogP contribution in [0.5, 0.6) is 5.75 Å². The number of benzene rings is 3. The van der Waals surface area contributed by atoms with E-state index in [0.717, 1.165) is 24.1 Å². The molecule has 1 aliphatic heterocycles. The van der Waals surface area contributed by atoms with Crippen LogP contribution in [0, 0.1) is 0 Å². The molecule has 0 bridgehead atoms. The van der Waals surface area contributed by atoms with Crippen molar-refractivity contribution in [1.29, 1.82) is 0 Å². The highest BCUT2D eigenvalue weighted by molar-refractivity contribution is 8.00. The Labute approximate surface area is 191 Å². The normalized spacial score (nSPS) is 17.3. The zero-order valence-electron chi connectivity index (χ0n) is 17.8. The van der Waals surface area contributed by atoms with E-state index in [-0.39, 0.29) is 17.2 Å². The van der Waals surface area contributed by atoms with Gasteiger partial charge in [-0.25, -0.2) is 0 Å². The van der Waals surface area contributed by atoms with E-state index in [2.05, 4.69) is 23.5 Å². The lowest BCUT2D eigenvalue weighted by atomic mass is 10.1. The average Bonchev–Trinajstić information content (AvgIpc) is 3.45. The second kappa shape index (κ2) is 8.71. The quantitative estimate of drug-likeness (QED) is 0.587. The van der Waals surface area contributed by atoms with Gasteiger partial charge >= 0.3 is 0 Å². The van der Waals surface area contributed by atoms with E-state index in [9.17, 15) is 9.59 Å². The third kappa shape index (κ3) is 3.98. The first-order valence-electron chi connectivity index (χ1n) is 10.7. The van der Waals surface area contributed by atoms with Crippen LogP contribution in [0.4, 0.5) is 11.4 Å². The van der Waals surface area contributed by atoms with Gasteiger partial charge in [0.25, 0.3) is 5.91 Å². The summed E-state index contributed by atoms with van der Waals surface area (Å²) in [5.41, 5.74) is 6.03. The number of amides is 2. The second-order valence-corrected chi connectivity index (χ2v) is 9.11. The number of thioether (sulfide) groups is 1. The van der Waals surface area contributed by atoms with E-state index >= 15 is 0 Å². The molecule has 0 saturated carbocycles. The van der Waals surface area contributed by atoms with Crippen molar-refractivity contribution in [3.63, 3.8) is 0 Å². The molecule has 3 aromatic carbocycles. The zero-order chi connectivity index (χ0) is 22.1. The number of carbonyl (C=O) groups is 2. The Kier molecular flexibility index (Phi) is 5.62. The van der Waals surface area contributed by atoms with Crippen LogP contribution < -0.4 is 15.0 Å². The highest BCUT2D eigenvalue weighted by Gasteiger charge is 2.34. The van der Waals surface area contributed by atoms with Gasteiger partial charge in [0, 0.05) is 16.9 Å². The molecule has 1 N–H and O–H groups in total. The van der Waals surface area contributed by atoms with Gasteiger partial charge in [0.2, 0.25) is 5.91 Å².